The number of benzene rings is 1. The summed E-state index contributed by atoms with van der Waals surface area (Å²) in [7, 11) is 0. The summed E-state index contributed by atoms with van der Waals surface area (Å²) < 4.78 is 0. The van der Waals surface area contributed by atoms with Gasteiger partial charge in [0.25, 0.3) is 0 Å². The van der Waals surface area contributed by atoms with Crippen LogP contribution in [0, 0.1) is 0 Å². The first kappa shape index (κ1) is 8.83. The molecule has 0 N–H and O–H groups in total. The Labute approximate surface area is 76.8 Å². The van der Waals surface area contributed by atoms with E-state index in [2.05, 4.69) is 47.2 Å². The van der Waals surface area contributed by atoms with E-state index >= 15 is 0 Å². The average molecular weight is 212 g/mol. The molecule has 1 aromatic carbocycles. The van der Waals surface area contributed by atoms with Crippen LogP contribution >= 0.6 is 0 Å². The second-order valence-corrected chi connectivity index (χ2v) is 3.27. The third-order valence-corrected chi connectivity index (χ3v) is 2.45. The third-order valence-electron chi connectivity index (χ3n) is 1.79. The van der Waals surface area contributed by atoms with Crippen molar-refractivity contribution in [3.8, 4) is 0 Å². The van der Waals surface area contributed by atoms with Gasteiger partial charge < -0.3 is 0 Å². The molecule has 0 bridgehead atoms. The van der Waals surface area contributed by atoms with Gasteiger partial charge in [-0.15, -0.1) is 0 Å². The van der Waals surface area contributed by atoms with Crippen LogP contribution in [0.5, 0.6) is 0 Å². The molecule has 1 rings (SSSR count). The Bertz CT molecular complexity index is 218. The summed E-state index contributed by atoms with van der Waals surface area (Å²) in [5.41, 5.74) is 2.95. The molecule has 1 aromatic rings. The van der Waals surface area contributed by atoms with Gasteiger partial charge in [0.05, 0.1) is 0 Å². The van der Waals surface area contributed by atoms with Crippen LogP contribution in [0.2, 0.25) is 0 Å². The number of aryl methyl sites for hydroxylation is 1. The fraction of sp³-hybridized carbons (Fsp3) is 0.400. The van der Waals surface area contributed by atoms with E-state index in [9.17, 15) is 0 Å². The molecule has 0 amide bonds. The van der Waals surface area contributed by atoms with E-state index in [1.807, 2.05) is 0 Å². The summed E-state index contributed by atoms with van der Waals surface area (Å²) in [5.74, 6) is 0. The quantitative estimate of drug-likeness (QED) is 0.674. The molecule has 1 radical (unpaired) electrons. The van der Waals surface area contributed by atoms with Crippen LogP contribution in [0.25, 0.3) is 0 Å². The van der Waals surface area contributed by atoms with Gasteiger partial charge in [0.15, 0.2) is 0 Å². The number of rotatable bonds is 3. The number of hydrogen-bond acceptors (Lipinski definition) is 0. The van der Waals surface area contributed by atoms with Crippen molar-refractivity contribution in [1.29, 1.82) is 0 Å². The maximum atomic E-state index is 3.06. The molecule has 11 heavy (non-hydrogen) atoms. The van der Waals surface area contributed by atoms with Crippen LogP contribution < -0.4 is 0 Å². The van der Waals surface area contributed by atoms with Crippen LogP contribution in [-0.4, -0.2) is 16.0 Å². The Morgan fingerprint density at radius 3 is 2.36 bits per heavy atom. The van der Waals surface area contributed by atoms with Gasteiger partial charge in [0.1, 0.15) is 0 Å². The summed E-state index contributed by atoms with van der Waals surface area (Å²) in [5, 5.41) is 1.04. The third kappa shape index (κ3) is 2.35. The number of hydrogen-bond donors (Lipinski definition) is 0. The maximum absolute atomic E-state index is 3.06. The van der Waals surface area contributed by atoms with Gasteiger partial charge in [-0.1, -0.05) is 0 Å². The van der Waals surface area contributed by atoms with Gasteiger partial charge in [-0.2, -0.15) is 0 Å². The minimum atomic E-state index is 1.04. The first-order valence-electron chi connectivity index (χ1n) is 4.03. The summed E-state index contributed by atoms with van der Waals surface area (Å²) in [6.45, 7) is 2.22. The predicted octanol–water partition coefficient (Wildman–Crippen LogP) is 2.31. The molecule has 1 heteroatoms. The van der Waals surface area contributed by atoms with Gasteiger partial charge >= 0.3 is 76.5 Å². The predicted molar refractivity (Wildman–Crippen MR) is 49.9 cm³/mol. The molecule has 0 saturated heterocycles. The van der Waals surface area contributed by atoms with Crippen LogP contribution in [0.15, 0.2) is 24.3 Å². The van der Waals surface area contributed by atoms with Crippen molar-refractivity contribution in [2.24, 2.45) is 0 Å². The molecular formula is C10H13Se. The van der Waals surface area contributed by atoms with Gasteiger partial charge in [0.2, 0.25) is 0 Å². The molecular weight excluding hydrogens is 199 g/mol. The van der Waals surface area contributed by atoms with E-state index in [-0.39, 0.29) is 0 Å². The zero-order valence-corrected chi connectivity index (χ0v) is 8.55. The molecule has 0 aliphatic carbocycles. The molecule has 0 aliphatic rings. The van der Waals surface area contributed by atoms with E-state index in [4.69, 9.17) is 0 Å². The van der Waals surface area contributed by atoms with Crippen molar-refractivity contribution in [1.82, 2.24) is 0 Å². The van der Waals surface area contributed by atoms with E-state index in [0.717, 1.165) is 5.32 Å². The zero-order chi connectivity index (χ0) is 8.10. The SMILES string of the molecule is CCCc1ccccc1C[Se]. The fourth-order valence-corrected chi connectivity index (χ4v) is 1.80. The minimum absolute atomic E-state index is 1.04. The standard InChI is InChI=1S/C10H13Se/c1-2-5-9-6-3-4-7-10(9)8-11/h3-4,6-7H,2,5,8H2,1H3. The van der Waals surface area contributed by atoms with Gasteiger partial charge in [-0.05, 0) is 0 Å². The topological polar surface area (TPSA) is 0 Å². The van der Waals surface area contributed by atoms with E-state index in [1.54, 1.807) is 0 Å². The molecule has 0 unspecified atom stereocenters. The second kappa shape index (κ2) is 4.58. The summed E-state index contributed by atoms with van der Waals surface area (Å²) >= 11 is 3.06. The molecule has 59 valence electrons. The summed E-state index contributed by atoms with van der Waals surface area (Å²) in [6, 6.07) is 8.63. The van der Waals surface area contributed by atoms with Gasteiger partial charge in [-0.25, -0.2) is 0 Å². The molecule has 0 aliphatic heterocycles. The van der Waals surface area contributed by atoms with Crippen molar-refractivity contribution in [3.63, 3.8) is 0 Å². The monoisotopic (exact) mass is 213 g/mol. The van der Waals surface area contributed by atoms with Crippen molar-refractivity contribution >= 4 is 16.0 Å². The summed E-state index contributed by atoms with van der Waals surface area (Å²) in [6.07, 6.45) is 2.44. The van der Waals surface area contributed by atoms with Crippen LogP contribution in [-0.2, 0) is 11.7 Å². The first-order chi connectivity index (χ1) is 5.38. The van der Waals surface area contributed by atoms with Crippen molar-refractivity contribution in [3.05, 3.63) is 35.4 Å². The Morgan fingerprint density at radius 1 is 1.18 bits per heavy atom. The van der Waals surface area contributed by atoms with E-state index < -0.39 is 0 Å². The summed E-state index contributed by atoms with van der Waals surface area (Å²) in [4.78, 5) is 0. The molecule has 0 nitrogen and oxygen atoms in total. The Hall–Kier alpha value is -0.261. The van der Waals surface area contributed by atoms with E-state index in [0.29, 0.717) is 0 Å². The molecule has 0 saturated carbocycles. The Morgan fingerprint density at radius 2 is 1.82 bits per heavy atom. The first-order valence-corrected chi connectivity index (χ1v) is 5.24. The van der Waals surface area contributed by atoms with Crippen LogP contribution in [0.1, 0.15) is 24.5 Å². The van der Waals surface area contributed by atoms with Gasteiger partial charge in [-0.3, -0.25) is 0 Å². The van der Waals surface area contributed by atoms with Gasteiger partial charge in [0, 0.05) is 0 Å². The Balaban J connectivity index is 2.83. The normalized spacial score (nSPS) is 10.0. The van der Waals surface area contributed by atoms with Crippen molar-refractivity contribution in [2.75, 3.05) is 0 Å². The zero-order valence-electron chi connectivity index (χ0n) is 6.84. The van der Waals surface area contributed by atoms with Crippen molar-refractivity contribution < 1.29 is 0 Å². The molecule has 0 atom stereocenters. The van der Waals surface area contributed by atoms with Crippen LogP contribution in [0.4, 0.5) is 0 Å². The Kier molecular flexibility index (Phi) is 3.68. The molecule has 0 fully saturated rings. The molecule has 0 aromatic heterocycles. The molecule has 0 heterocycles. The molecule has 0 spiro atoms. The van der Waals surface area contributed by atoms with Crippen LogP contribution in [0.3, 0.4) is 0 Å². The van der Waals surface area contributed by atoms with Crippen molar-refractivity contribution in [2.45, 2.75) is 25.1 Å². The second-order valence-electron chi connectivity index (χ2n) is 2.66. The fourth-order valence-electron chi connectivity index (χ4n) is 1.21. The average Bonchev–Trinajstić information content (AvgIpc) is 2.06. The van der Waals surface area contributed by atoms with E-state index in [1.165, 1.54) is 24.0 Å².